The highest BCUT2D eigenvalue weighted by Crippen LogP contribution is 2.31. The van der Waals surface area contributed by atoms with E-state index in [2.05, 4.69) is 10.3 Å². The number of hydrogen-bond donors (Lipinski definition) is 1. The monoisotopic (exact) mass is 411 g/mol. The van der Waals surface area contributed by atoms with Crippen LogP contribution in [0.15, 0.2) is 77.6 Å². The van der Waals surface area contributed by atoms with E-state index in [0.717, 1.165) is 17.7 Å². The second kappa shape index (κ2) is 7.72. The van der Waals surface area contributed by atoms with E-state index in [4.69, 9.17) is 4.74 Å². The van der Waals surface area contributed by atoms with Crippen LogP contribution in [-0.2, 0) is 0 Å². The van der Waals surface area contributed by atoms with Gasteiger partial charge in [0.15, 0.2) is 0 Å². The van der Waals surface area contributed by atoms with Gasteiger partial charge in [-0.05, 0) is 49.4 Å². The second-order valence-electron chi connectivity index (χ2n) is 7.56. The fourth-order valence-electron chi connectivity index (χ4n) is 4.04. The van der Waals surface area contributed by atoms with Gasteiger partial charge in [0.2, 0.25) is 0 Å². The van der Waals surface area contributed by atoms with Crippen molar-refractivity contribution in [1.29, 1.82) is 0 Å². The molecule has 1 atom stereocenters. The summed E-state index contributed by atoms with van der Waals surface area (Å²) in [7, 11) is 0. The van der Waals surface area contributed by atoms with E-state index >= 15 is 0 Å². The highest BCUT2D eigenvalue weighted by molar-refractivity contribution is 5.94. The largest absolute Gasteiger partial charge is 0.493 e. The van der Waals surface area contributed by atoms with Crippen molar-refractivity contribution in [1.82, 2.24) is 14.9 Å². The molecule has 1 aromatic heterocycles. The molecule has 1 amide bonds. The summed E-state index contributed by atoms with van der Waals surface area (Å²) < 4.78 is 7.24. The lowest BCUT2D eigenvalue weighted by atomic mass is 10.00. The average molecular weight is 411 g/mol. The summed E-state index contributed by atoms with van der Waals surface area (Å²) in [5.74, 6) is 1.25. The van der Waals surface area contributed by atoms with Crippen molar-refractivity contribution >= 4 is 16.8 Å². The molecule has 0 radical (unpaired) electrons. The number of ether oxygens (including phenoxy) is 1. The van der Waals surface area contributed by atoms with Gasteiger partial charge in [-0.2, -0.15) is 0 Å². The maximum atomic E-state index is 13.0. The van der Waals surface area contributed by atoms with Gasteiger partial charge in [0.05, 0.1) is 29.2 Å². The van der Waals surface area contributed by atoms with E-state index in [1.54, 1.807) is 41.8 Å². The minimum absolute atomic E-state index is 0.0910. The molecule has 1 aliphatic rings. The van der Waals surface area contributed by atoms with Crippen molar-refractivity contribution in [2.45, 2.75) is 19.4 Å². The first-order valence-corrected chi connectivity index (χ1v) is 10.2. The molecule has 1 unspecified atom stereocenters. The van der Waals surface area contributed by atoms with E-state index in [9.17, 15) is 9.59 Å². The van der Waals surface area contributed by atoms with Crippen molar-refractivity contribution in [3.8, 4) is 11.4 Å². The molecule has 5 rings (SSSR count). The van der Waals surface area contributed by atoms with E-state index in [0.29, 0.717) is 34.6 Å². The average Bonchev–Trinajstić information content (AvgIpc) is 2.80. The van der Waals surface area contributed by atoms with Gasteiger partial charge in [-0.25, -0.2) is 4.98 Å². The van der Waals surface area contributed by atoms with Gasteiger partial charge >= 0.3 is 0 Å². The third-order valence-electron chi connectivity index (χ3n) is 5.59. The molecule has 0 saturated heterocycles. The van der Waals surface area contributed by atoms with Gasteiger partial charge in [0.25, 0.3) is 11.5 Å². The van der Waals surface area contributed by atoms with Gasteiger partial charge in [0, 0.05) is 17.5 Å². The number of carbonyl (C=O) groups excluding carboxylic acids is 1. The molecule has 0 aliphatic carbocycles. The van der Waals surface area contributed by atoms with Crippen molar-refractivity contribution in [3.63, 3.8) is 0 Å². The molecule has 1 N–H and O–H groups in total. The highest BCUT2D eigenvalue weighted by Gasteiger charge is 2.23. The number of aromatic nitrogens is 2. The summed E-state index contributed by atoms with van der Waals surface area (Å²) in [6, 6.07) is 22.0. The molecule has 4 aromatic rings. The molecule has 6 heteroatoms. The third kappa shape index (κ3) is 3.46. The number of aryl methyl sites for hydroxylation is 1. The predicted octanol–water partition coefficient (Wildman–Crippen LogP) is 3.95. The number of hydrogen-bond acceptors (Lipinski definition) is 4. The van der Waals surface area contributed by atoms with Crippen LogP contribution in [0.3, 0.4) is 0 Å². The predicted molar refractivity (Wildman–Crippen MR) is 119 cm³/mol. The zero-order chi connectivity index (χ0) is 21.4. The van der Waals surface area contributed by atoms with E-state index in [1.165, 1.54) is 0 Å². The molecule has 0 spiro atoms. The molecule has 3 aromatic carbocycles. The molecule has 31 heavy (non-hydrogen) atoms. The number of amides is 1. The van der Waals surface area contributed by atoms with Crippen molar-refractivity contribution in [2.75, 3.05) is 6.61 Å². The Hall–Kier alpha value is -3.93. The molecule has 0 fully saturated rings. The molecule has 2 heterocycles. The van der Waals surface area contributed by atoms with Gasteiger partial charge in [0.1, 0.15) is 11.6 Å². The first-order chi connectivity index (χ1) is 15.1. The van der Waals surface area contributed by atoms with Crippen LogP contribution >= 0.6 is 0 Å². The van der Waals surface area contributed by atoms with Crippen LogP contribution < -0.4 is 15.6 Å². The van der Waals surface area contributed by atoms with E-state index in [-0.39, 0.29) is 17.5 Å². The van der Waals surface area contributed by atoms with Crippen LogP contribution in [0, 0.1) is 6.92 Å². The first kappa shape index (κ1) is 19.1. The quantitative estimate of drug-likeness (QED) is 0.554. The van der Waals surface area contributed by atoms with E-state index < -0.39 is 0 Å². The van der Waals surface area contributed by atoms with Gasteiger partial charge in [-0.15, -0.1) is 0 Å². The van der Waals surface area contributed by atoms with Crippen LogP contribution in [0.5, 0.6) is 5.75 Å². The number of carbonyl (C=O) groups is 1. The van der Waals surface area contributed by atoms with E-state index in [1.807, 2.05) is 42.5 Å². The number of para-hydroxylation sites is 2. The molecule has 154 valence electrons. The standard InChI is InChI=1S/C25H21N3O3/c1-16-26-21-8-4-2-7-20(21)25(30)28(16)18-12-10-17(11-13-18)24(29)27-22-14-15-31-23-9-5-3-6-19(22)23/h2-13,22H,14-15H2,1H3,(H,27,29). The summed E-state index contributed by atoms with van der Waals surface area (Å²) in [5.41, 5.74) is 2.75. The molecular weight excluding hydrogens is 390 g/mol. The number of benzene rings is 3. The fourth-order valence-corrected chi connectivity index (χ4v) is 4.04. The third-order valence-corrected chi connectivity index (χ3v) is 5.59. The summed E-state index contributed by atoms with van der Waals surface area (Å²) in [6.07, 6.45) is 0.720. The Balaban J connectivity index is 1.42. The van der Waals surface area contributed by atoms with Crippen molar-refractivity contribution < 1.29 is 9.53 Å². The van der Waals surface area contributed by atoms with Crippen LogP contribution in [0.4, 0.5) is 0 Å². The number of rotatable bonds is 3. The molecule has 6 nitrogen and oxygen atoms in total. The zero-order valence-electron chi connectivity index (χ0n) is 17.0. The molecular formula is C25H21N3O3. The fraction of sp³-hybridized carbons (Fsp3) is 0.160. The van der Waals surface area contributed by atoms with Crippen LogP contribution in [0.2, 0.25) is 0 Å². The summed E-state index contributed by atoms with van der Waals surface area (Å²) >= 11 is 0. The summed E-state index contributed by atoms with van der Waals surface area (Å²) in [4.78, 5) is 30.4. The topological polar surface area (TPSA) is 73.2 Å². The zero-order valence-corrected chi connectivity index (χ0v) is 17.0. The molecule has 0 saturated carbocycles. The lowest BCUT2D eigenvalue weighted by Crippen LogP contribution is -2.32. The number of nitrogens with one attached hydrogen (secondary N) is 1. The normalized spacial score (nSPS) is 15.2. The SMILES string of the molecule is Cc1nc2ccccc2c(=O)n1-c1ccc(C(=O)NC2CCOc3ccccc32)cc1. The van der Waals surface area contributed by atoms with Crippen LogP contribution in [0.25, 0.3) is 16.6 Å². The maximum Gasteiger partial charge on any atom is 0.265 e. The Morgan fingerprint density at radius 3 is 2.61 bits per heavy atom. The smallest absolute Gasteiger partial charge is 0.265 e. The van der Waals surface area contributed by atoms with Crippen LogP contribution in [0.1, 0.15) is 34.2 Å². The first-order valence-electron chi connectivity index (χ1n) is 10.2. The summed E-state index contributed by atoms with van der Waals surface area (Å²) in [6.45, 7) is 2.37. The number of fused-ring (bicyclic) bond motifs is 2. The van der Waals surface area contributed by atoms with Crippen molar-refractivity contribution in [2.24, 2.45) is 0 Å². The minimum Gasteiger partial charge on any atom is -0.493 e. The Labute approximate surface area is 179 Å². The molecule has 1 aliphatic heterocycles. The van der Waals surface area contributed by atoms with Crippen molar-refractivity contribution in [3.05, 3.63) is 100 Å². The minimum atomic E-state index is -0.158. The second-order valence-corrected chi connectivity index (χ2v) is 7.56. The number of nitrogens with zero attached hydrogens (tertiary/aromatic N) is 2. The Morgan fingerprint density at radius 1 is 1.03 bits per heavy atom. The van der Waals surface area contributed by atoms with Gasteiger partial charge in [-0.3, -0.25) is 14.2 Å². The Morgan fingerprint density at radius 2 is 1.77 bits per heavy atom. The Kier molecular flexibility index (Phi) is 4.75. The Bertz CT molecular complexity index is 1340. The van der Waals surface area contributed by atoms with Gasteiger partial charge in [-0.1, -0.05) is 30.3 Å². The van der Waals surface area contributed by atoms with Gasteiger partial charge < -0.3 is 10.1 Å². The maximum absolute atomic E-state index is 13.0. The highest BCUT2D eigenvalue weighted by atomic mass is 16.5. The van der Waals surface area contributed by atoms with Crippen LogP contribution in [-0.4, -0.2) is 22.1 Å². The lowest BCUT2D eigenvalue weighted by molar-refractivity contribution is 0.0925. The summed E-state index contributed by atoms with van der Waals surface area (Å²) in [5, 5.41) is 3.66. The molecule has 0 bridgehead atoms. The lowest BCUT2D eigenvalue weighted by Gasteiger charge is -2.26.